The molecule has 90 valence electrons. The SMILES string of the molecule is CC(C)N(C[C@H]1CNCCN1)S(C)(=O)=O. The molecule has 0 aromatic carbocycles. The Balaban J connectivity index is 2.58. The van der Waals surface area contributed by atoms with Crippen LogP contribution in [0.1, 0.15) is 13.8 Å². The third-order valence-corrected chi connectivity index (χ3v) is 3.95. The van der Waals surface area contributed by atoms with Crippen molar-refractivity contribution in [3.05, 3.63) is 0 Å². The molecule has 0 spiro atoms. The molecule has 1 heterocycles. The van der Waals surface area contributed by atoms with Gasteiger partial charge in [-0.2, -0.15) is 4.31 Å². The monoisotopic (exact) mass is 235 g/mol. The molecule has 0 bridgehead atoms. The molecule has 0 saturated carbocycles. The molecule has 5 nitrogen and oxygen atoms in total. The standard InChI is InChI=1S/C9H21N3O2S/c1-8(2)12(15(3,13)14)7-9-6-10-4-5-11-9/h8-11H,4-7H2,1-3H3/t9-/m1/s1. The van der Waals surface area contributed by atoms with Crippen molar-refractivity contribution in [1.82, 2.24) is 14.9 Å². The summed E-state index contributed by atoms with van der Waals surface area (Å²) in [7, 11) is -3.10. The molecule has 1 saturated heterocycles. The van der Waals surface area contributed by atoms with Crippen LogP contribution in [0.15, 0.2) is 0 Å². The van der Waals surface area contributed by atoms with Crippen LogP contribution in [0.25, 0.3) is 0 Å². The van der Waals surface area contributed by atoms with Crippen molar-refractivity contribution in [3.63, 3.8) is 0 Å². The van der Waals surface area contributed by atoms with Crippen LogP contribution in [0.2, 0.25) is 0 Å². The summed E-state index contributed by atoms with van der Waals surface area (Å²) in [6.45, 7) is 7.04. The Morgan fingerprint density at radius 3 is 2.47 bits per heavy atom. The maximum Gasteiger partial charge on any atom is 0.211 e. The van der Waals surface area contributed by atoms with Gasteiger partial charge in [-0.25, -0.2) is 8.42 Å². The van der Waals surface area contributed by atoms with E-state index >= 15 is 0 Å². The highest BCUT2D eigenvalue weighted by Crippen LogP contribution is 2.06. The van der Waals surface area contributed by atoms with E-state index in [4.69, 9.17) is 0 Å². The second-order valence-electron chi connectivity index (χ2n) is 4.28. The van der Waals surface area contributed by atoms with E-state index in [2.05, 4.69) is 10.6 Å². The Kier molecular flexibility index (Phi) is 4.51. The molecule has 1 rings (SSSR count). The molecule has 0 aromatic rings. The number of piperazine rings is 1. The number of hydrogen-bond acceptors (Lipinski definition) is 4. The minimum absolute atomic E-state index is 0.0173. The molecule has 2 N–H and O–H groups in total. The van der Waals surface area contributed by atoms with E-state index in [9.17, 15) is 8.42 Å². The van der Waals surface area contributed by atoms with E-state index in [-0.39, 0.29) is 12.1 Å². The van der Waals surface area contributed by atoms with E-state index in [1.165, 1.54) is 10.6 Å². The highest BCUT2D eigenvalue weighted by molar-refractivity contribution is 7.88. The van der Waals surface area contributed by atoms with E-state index in [1.807, 2.05) is 13.8 Å². The van der Waals surface area contributed by atoms with Crippen molar-refractivity contribution < 1.29 is 8.42 Å². The highest BCUT2D eigenvalue weighted by Gasteiger charge is 2.24. The molecule has 0 radical (unpaired) electrons. The summed E-state index contributed by atoms with van der Waals surface area (Å²) in [5, 5.41) is 6.55. The van der Waals surface area contributed by atoms with Crippen LogP contribution >= 0.6 is 0 Å². The number of hydrogen-bond donors (Lipinski definition) is 2. The summed E-state index contributed by atoms with van der Waals surface area (Å²) in [5.41, 5.74) is 0. The second-order valence-corrected chi connectivity index (χ2v) is 6.22. The Labute approximate surface area is 92.3 Å². The fourth-order valence-electron chi connectivity index (χ4n) is 1.79. The van der Waals surface area contributed by atoms with Crippen molar-refractivity contribution >= 4 is 10.0 Å². The van der Waals surface area contributed by atoms with Crippen LogP contribution in [0.4, 0.5) is 0 Å². The Hall–Kier alpha value is -0.170. The van der Waals surface area contributed by atoms with Gasteiger partial charge in [-0.05, 0) is 13.8 Å². The zero-order chi connectivity index (χ0) is 11.5. The molecule has 1 aliphatic heterocycles. The molecule has 1 fully saturated rings. The molecule has 0 aromatic heterocycles. The lowest BCUT2D eigenvalue weighted by Crippen LogP contribution is -2.55. The maximum absolute atomic E-state index is 11.5. The quantitative estimate of drug-likeness (QED) is 0.671. The molecule has 1 aliphatic rings. The summed E-state index contributed by atoms with van der Waals surface area (Å²) < 4.78 is 24.6. The zero-order valence-corrected chi connectivity index (χ0v) is 10.5. The Bertz CT molecular complexity index is 284. The molecule has 0 unspecified atom stereocenters. The van der Waals surface area contributed by atoms with E-state index < -0.39 is 10.0 Å². The third kappa shape index (κ3) is 4.06. The summed E-state index contributed by atoms with van der Waals surface area (Å²) in [6, 6.07) is 0.236. The second kappa shape index (κ2) is 5.25. The van der Waals surface area contributed by atoms with Crippen LogP contribution in [0, 0.1) is 0 Å². The number of nitrogens with one attached hydrogen (secondary N) is 2. The summed E-state index contributed by atoms with van der Waals surface area (Å²) >= 11 is 0. The average molecular weight is 235 g/mol. The van der Waals surface area contributed by atoms with Gasteiger partial charge < -0.3 is 10.6 Å². The lowest BCUT2D eigenvalue weighted by molar-refractivity contribution is 0.292. The Morgan fingerprint density at radius 2 is 2.07 bits per heavy atom. The van der Waals surface area contributed by atoms with Gasteiger partial charge in [0, 0.05) is 38.3 Å². The lowest BCUT2D eigenvalue weighted by atomic mass is 10.2. The predicted octanol–water partition coefficient (Wildman–Crippen LogP) is -0.782. The third-order valence-electron chi connectivity index (χ3n) is 2.53. The van der Waals surface area contributed by atoms with Gasteiger partial charge in [0.05, 0.1) is 6.26 Å². The smallest absolute Gasteiger partial charge is 0.211 e. The van der Waals surface area contributed by atoms with Crippen molar-refractivity contribution in [2.75, 3.05) is 32.4 Å². The molecule has 15 heavy (non-hydrogen) atoms. The average Bonchev–Trinajstić information content (AvgIpc) is 2.13. The molecular weight excluding hydrogens is 214 g/mol. The molecule has 1 atom stereocenters. The van der Waals surface area contributed by atoms with Gasteiger partial charge in [0.1, 0.15) is 0 Å². The largest absolute Gasteiger partial charge is 0.314 e. The zero-order valence-electron chi connectivity index (χ0n) is 9.66. The topological polar surface area (TPSA) is 61.4 Å². The van der Waals surface area contributed by atoms with Crippen LogP contribution in [-0.2, 0) is 10.0 Å². The van der Waals surface area contributed by atoms with Gasteiger partial charge in [-0.1, -0.05) is 0 Å². The first-order chi connectivity index (χ1) is 6.91. The predicted molar refractivity (Wildman–Crippen MR) is 61.3 cm³/mol. The van der Waals surface area contributed by atoms with Gasteiger partial charge in [-0.15, -0.1) is 0 Å². The maximum atomic E-state index is 11.5. The van der Waals surface area contributed by atoms with Gasteiger partial charge in [0.15, 0.2) is 0 Å². The first kappa shape index (κ1) is 12.9. The molecule has 0 amide bonds. The normalized spacial score (nSPS) is 23.7. The van der Waals surface area contributed by atoms with Crippen molar-refractivity contribution in [1.29, 1.82) is 0 Å². The number of sulfonamides is 1. The van der Waals surface area contributed by atoms with Crippen molar-refractivity contribution in [2.24, 2.45) is 0 Å². The van der Waals surface area contributed by atoms with Crippen molar-refractivity contribution in [2.45, 2.75) is 25.9 Å². The Morgan fingerprint density at radius 1 is 1.40 bits per heavy atom. The van der Waals surface area contributed by atoms with Gasteiger partial charge in [-0.3, -0.25) is 0 Å². The van der Waals surface area contributed by atoms with Crippen LogP contribution < -0.4 is 10.6 Å². The highest BCUT2D eigenvalue weighted by atomic mass is 32.2. The van der Waals surface area contributed by atoms with E-state index in [1.54, 1.807) is 0 Å². The van der Waals surface area contributed by atoms with Crippen LogP contribution in [0.5, 0.6) is 0 Å². The van der Waals surface area contributed by atoms with Gasteiger partial charge >= 0.3 is 0 Å². The molecule has 6 heteroatoms. The fraction of sp³-hybridized carbons (Fsp3) is 1.00. The van der Waals surface area contributed by atoms with E-state index in [0.29, 0.717) is 6.54 Å². The first-order valence-corrected chi connectivity index (χ1v) is 7.17. The summed E-state index contributed by atoms with van der Waals surface area (Å²) in [5.74, 6) is 0. The number of nitrogens with zero attached hydrogens (tertiary/aromatic N) is 1. The number of rotatable bonds is 4. The molecular formula is C9H21N3O2S. The lowest BCUT2D eigenvalue weighted by Gasteiger charge is -2.31. The van der Waals surface area contributed by atoms with Gasteiger partial charge in [0.25, 0.3) is 0 Å². The summed E-state index contributed by atoms with van der Waals surface area (Å²) in [4.78, 5) is 0. The summed E-state index contributed by atoms with van der Waals surface area (Å²) in [6.07, 6.45) is 1.27. The fourth-order valence-corrected chi connectivity index (χ4v) is 3.01. The van der Waals surface area contributed by atoms with Crippen molar-refractivity contribution in [3.8, 4) is 0 Å². The minimum atomic E-state index is -3.10. The van der Waals surface area contributed by atoms with Crippen LogP contribution in [0.3, 0.4) is 0 Å². The van der Waals surface area contributed by atoms with E-state index in [0.717, 1.165) is 19.6 Å². The van der Waals surface area contributed by atoms with Crippen LogP contribution in [-0.4, -0.2) is 57.2 Å². The molecule has 0 aliphatic carbocycles. The first-order valence-electron chi connectivity index (χ1n) is 5.32. The minimum Gasteiger partial charge on any atom is -0.314 e. The van der Waals surface area contributed by atoms with Gasteiger partial charge in [0.2, 0.25) is 10.0 Å².